The van der Waals surface area contributed by atoms with Gasteiger partial charge in [0.1, 0.15) is 0 Å². The maximum atomic E-state index is 12.3. The number of rotatable bonds is 7. The molecule has 1 heterocycles. The normalized spacial score (nSPS) is 19.5. The number of halogens is 1. The summed E-state index contributed by atoms with van der Waals surface area (Å²) in [7, 11) is 1.52. The van der Waals surface area contributed by atoms with Gasteiger partial charge in [-0.2, -0.15) is 0 Å². The molecule has 1 aromatic carbocycles. The number of carbonyl (C=O) groups excluding carboxylic acids is 2. The van der Waals surface area contributed by atoms with E-state index in [2.05, 4.69) is 13.8 Å². The SMILES string of the molecule is COc1cc(/C=C/C(=O)OCC(=O)N2C[C@@H](C)C[C@H](C)C2)cc(Cl)c1OC(C)C. The van der Waals surface area contributed by atoms with Crippen LogP contribution in [-0.4, -0.2) is 49.7 Å². The van der Waals surface area contributed by atoms with Crippen LogP contribution in [0.5, 0.6) is 11.5 Å². The van der Waals surface area contributed by atoms with E-state index < -0.39 is 5.97 Å². The van der Waals surface area contributed by atoms with Gasteiger partial charge < -0.3 is 19.1 Å². The molecule has 0 aromatic heterocycles. The van der Waals surface area contributed by atoms with Crippen LogP contribution in [0.4, 0.5) is 0 Å². The molecule has 1 aromatic rings. The van der Waals surface area contributed by atoms with Crippen LogP contribution < -0.4 is 9.47 Å². The van der Waals surface area contributed by atoms with E-state index in [4.69, 9.17) is 25.8 Å². The predicted molar refractivity (Wildman–Crippen MR) is 113 cm³/mol. The van der Waals surface area contributed by atoms with E-state index in [9.17, 15) is 9.59 Å². The summed E-state index contributed by atoms with van der Waals surface area (Å²) < 4.78 is 16.1. The maximum Gasteiger partial charge on any atom is 0.331 e. The van der Waals surface area contributed by atoms with Crippen molar-refractivity contribution >= 4 is 29.6 Å². The molecule has 160 valence electrons. The smallest absolute Gasteiger partial charge is 0.331 e. The Labute approximate surface area is 177 Å². The summed E-state index contributed by atoms with van der Waals surface area (Å²) in [5, 5.41) is 0.384. The topological polar surface area (TPSA) is 65.1 Å². The molecule has 1 saturated heterocycles. The summed E-state index contributed by atoms with van der Waals surface area (Å²) in [5.41, 5.74) is 0.657. The lowest BCUT2D eigenvalue weighted by Crippen LogP contribution is -2.44. The minimum atomic E-state index is -0.589. The third-order valence-corrected chi connectivity index (χ3v) is 4.86. The Bertz CT molecular complexity index is 752. The first-order valence-corrected chi connectivity index (χ1v) is 10.2. The average Bonchev–Trinajstić information content (AvgIpc) is 2.65. The molecule has 0 N–H and O–H groups in total. The van der Waals surface area contributed by atoms with Crippen molar-refractivity contribution in [2.75, 3.05) is 26.8 Å². The number of carbonyl (C=O) groups is 2. The minimum absolute atomic E-state index is 0.0545. The highest BCUT2D eigenvalue weighted by Crippen LogP contribution is 2.37. The summed E-state index contributed by atoms with van der Waals surface area (Å²) in [6.45, 7) is 9.20. The van der Waals surface area contributed by atoms with Gasteiger partial charge in [-0.25, -0.2) is 4.79 Å². The highest BCUT2D eigenvalue weighted by Gasteiger charge is 2.25. The van der Waals surface area contributed by atoms with E-state index in [1.165, 1.54) is 13.2 Å². The van der Waals surface area contributed by atoms with Crippen molar-refractivity contribution < 1.29 is 23.8 Å². The van der Waals surface area contributed by atoms with Gasteiger partial charge in [0.2, 0.25) is 0 Å². The largest absolute Gasteiger partial charge is 0.493 e. The molecular weight excluding hydrogens is 394 g/mol. The molecule has 0 unspecified atom stereocenters. The first-order chi connectivity index (χ1) is 13.7. The van der Waals surface area contributed by atoms with Crippen LogP contribution in [0.1, 0.15) is 39.7 Å². The summed E-state index contributed by atoms with van der Waals surface area (Å²) in [6.07, 6.45) is 3.88. The van der Waals surface area contributed by atoms with E-state index in [-0.39, 0.29) is 18.6 Å². The number of hydrogen-bond donors (Lipinski definition) is 0. The van der Waals surface area contributed by atoms with E-state index >= 15 is 0 Å². The summed E-state index contributed by atoms with van der Waals surface area (Å²) in [6, 6.07) is 3.39. The van der Waals surface area contributed by atoms with Crippen LogP contribution >= 0.6 is 11.6 Å². The van der Waals surface area contributed by atoms with Crippen molar-refractivity contribution in [3.63, 3.8) is 0 Å². The molecule has 1 fully saturated rings. The van der Waals surface area contributed by atoms with Crippen LogP contribution in [0.3, 0.4) is 0 Å². The Morgan fingerprint density at radius 2 is 1.90 bits per heavy atom. The molecule has 2 atom stereocenters. The molecule has 0 spiro atoms. The molecule has 0 bridgehead atoms. The second kappa shape index (κ2) is 10.5. The zero-order valence-corrected chi connectivity index (χ0v) is 18.5. The fourth-order valence-electron chi connectivity index (χ4n) is 3.49. The van der Waals surface area contributed by atoms with Gasteiger partial charge in [-0.1, -0.05) is 25.4 Å². The number of benzene rings is 1. The lowest BCUT2D eigenvalue weighted by atomic mass is 9.92. The van der Waals surface area contributed by atoms with Gasteiger partial charge in [0, 0.05) is 19.2 Å². The first kappa shape index (κ1) is 23.1. The first-order valence-electron chi connectivity index (χ1n) is 9.86. The summed E-state index contributed by atoms with van der Waals surface area (Å²) >= 11 is 6.28. The number of nitrogens with zero attached hydrogens (tertiary/aromatic N) is 1. The van der Waals surface area contributed by atoms with Crippen molar-refractivity contribution in [3.05, 3.63) is 28.8 Å². The van der Waals surface area contributed by atoms with E-state index in [1.54, 1.807) is 23.1 Å². The number of ether oxygens (including phenoxy) is 3. The third kappa shape index (κ3) is 6.96. The third-order valence-electron chi connectivity index (χ3n) is 4.58. The van der Waals surface area contributed by atoms with Crippen molar-refractivity contribution in [3.8, 4) is 11.5 Å². The molecular formula is C22H30ClNO5. The van der Waals surface area contributed by atoms with Gasteiger partial charge in [0.15, 0.2) is 18.1 Å². The minimum Gasteiger partial charge on any atom is -0.493 e. The zero-order chi connectivity index (χ0) is 21.6. The van der Waals surface area contributed by atoms with Gasteiger partial charge in [0.25, 0.3) is 5.91 Å². The van der Waals surface area contributed by atoms with Crippen molar-refractivity contribution in [1.82, 2.24) is 4.90 Å². The highest BCUT2D eigenvalue weighted by molar-refractivity contribution is 6.32. The van der Waals surface area contributed by atoms with Gasteiger partial charge in [-0.05, 0) is 55.9 Å². The number of likely N-dealkylation sites (tertiary alicyclic amines) is 1. The Hall–Kier alpha value is -2.21. The molecule has 2 rings (SSSR count). The van der Waals surface area contributed by atoms with E-state index in [0.717, 1.165) is 6.42 Å². The fourth-order valence-corrected chi connectivity index (χ4v) is 3.75. The standard InChI is InChI=1S/C22H30ClNO5/c1-14(2)29-22-18(23)9-17(10-19(22)27-5)6-7-21(26)28-13-20(25)24-11-15(3)8-16(4)12-24/h6-7,9-10,14-16H,8,11-13H2,1-5H3/b7-6+/t15-,16-/m0/s1. The number of piperidine rings is 1. The van der Waals surface area contributed by atoms with Crippen LogP contribution in [0.25, 0.3) is 6.08 Å². The fraction of sp³-hybridized carbons (Fsp3) is 0.545. The van der Waals surface area contributed by atoms with Gasteiger partial charge >= 0.3 is 5.97 Å². The number of methoxy groups -OCH3 is 1. The maximum absolute atomic E-state index is 12.3. The lowest BCUT2D eigenvalue weighted by Gasteiger charge is -2.34. The Morgan fingerprint density at radius 1 is 1.24 bits per heavy atom. The summed E-state index contributed by atoms with van der Waals surface area (Å²) in [5.74, 6) is 1.10. The molecule has 1 aliphatic heterocycles. The van der Waals surface area contributed by atoms with Crippen molar-refractivity contribution in [2.45, 2.75) is 40.2 Å². The van der Waals surface area contributed by atoms with Crippen LogP contribution in [0.2, 0.25) is 5.02 Å². The van der Waals surface area contributed by atoms with Gasteiger partial charge in [-0.3, -0.25) is 4.79 Å². The molecule has 1 amide bonds. The van der Waals surface area contributed by atoms with Gasteiger partial charge in [-0.15, -0.1) is 0 Å². The number of hydrogen-bond acceptors (Lipinski definition) is 5. The number of amides is 1. The quantitative estimate of drug-likeness (QED) is 0.485. The Morgan fingerprint density at radius 3 is 2.48 bits per heavy atom. The second-order valence-corrected chi connectivity index (χ2v) is 8.29. The predicted octanol–water partition coefficient (Wildman–Crippen LogP) is 4.20. The van der Waals surface area contributed by atoms with Crippen molar-refractivity contribution in [2.24, 2.45) is 11.8 Å². The van der Waals surface area contributed by atoms with E-state index in [0.29, 0.717) is 47.0 Å². The van der Waals surface area contributed by atoms with E-state index in [1.807, 2.05) is 13.8 Å². The Balaban J connectivity index is 1.95. The molecule has 0 saturated carbocycles. The Kier molecular flexibility index (Phi) is 8.38. The second-order valence-electron chi connectivity index (χ2n) is 7.89. The van der Waals surface area contributed by atoms with Gasteiger partial charge in [0.05, 0.1) is 18.2 Å². The molecule has 6 nitrogen and oxygen atoms in total. The molecule has 7 heteroatoms. The molecule has 1 aliphatic rings. The summed E-state index contributed by atoms with van der Waals surface area (Å²) in [4.78, 5) is 26.1. The zero-order valence-electron chi connectivity index (χ0n) is 17.7. The van der Waals surface area contributed by atoms with Crippen LogP contribution in [-0.2, 0) is 14.3 Å². The van der Waals surface area contributed by atoms with Crippen LogP contribution in [0, 0.1) is 11.8 Å². The molecule has 0 aliphatic carbocycles. The average molecular weight is 424 g/mol. The monoisotopic (exact) mass is 423 g/mol. The molecule has 0 radical (unpaired) electrons. The highest BCUT2D eigenvalue weighted by atomic mass is 35.5. The van der Waals surface area contributed by atoms with Crippen molar-refractivity contribution in [1.29, 1.82) is 0 Å². The lowest BCUT2D eigenvalue weighted by molar-refractivity contribution is -0.149. The number of esters is 1. The molecule has 29 heavy (non-hydrogen) atoms. The van der Waals surface area contributed by atoms with Crippen LogP contribution in [0.15, 0.2) is 18.2 Å².